The zero-order valence-electron chi connectivity index (χ0n) is 10.9. The van der Waals surface area contributed by atoms with E-state index in [9.17, 15) is 8.42 Å². The van der Waals surface area contributed by atoms with Crippen molar-refractivity contribution in [3.05, 3.63) is 24.5 Å². The average Bonchev–Trinajstić information content (AvgIpc) is 2.80. The summed E-state index contributed by atoms with van der Waals surface area (Å²) < 4.78 is 27.4. The van der Waals surface area contributed by atoms with E-state index in [1.807, 2.05) is 13.8 Å². The zero-order chi connectivity index (χ0) is 14.0. The van der Waals surface area contributed by atoms with Crippen LogP contribution in [-0.2, 0) is 10.0 Å². The van der Waals surface area contributed by atoms with Gasteiger partial charge in [-0.15, -0.1) is 0 Å². The fraction of sp³-hybridized carbons (Fsp3) is 0.417. The normalized spacial score (nSPS) is 14.1. The molecule has 1 unspecified atom stereocenters. The summed E-state index contributed by atoms with van der Waals surface area (Å²) in [7, 11) is -3.60. The van der Waals surface area contributed by atoms with Gasteiger partial charge in [-0.1, -0.05) is 13.8 Å². The molecule has 0 saturated heterocycles. The number of nitrogens with zero attached hydrogens (tertiary/aromatic N) is 1. The van der Waals surface area contributed by atoms with Crippen LogP contribution in [0.1, 0.15) is 13.8 Å². The number of sulfonamides is 1. The minimum absolute atomic E-state index is 0.128. The standard InChI is InChI=1S/C12H18N4O2S/c1-8(2)10(6-13)16-19(17,18)11-7-15-12-9(11)4-3-5-14-12/h3-5,7-8,10,16H,6,13H2,1-2H3,(H,14,15). The van der Waals surface area contributed by atoms with Gasteiger partial charge in [0.25, 0.3) is 0 Å². The smallest absolute Gasteiger partial charge is 0.243 e. The average molecular weight is 282 g/mol. The van der Waals surface area contributed by atoms with Crippen LogP contribution in [0.2, 0.25) is 0 Å². The molecule has 0 spiro atoms. The van der Waals surface area contributed by atoms with Crippen molar-refractivity contribution in [2.75, 3.05) is 6.54 Å². The van der Waals surface area contributed by atoms with E-state index in [4.69, 9.17) is 5.73 Å². The predicted molar refractivity (Wildman–Crippen MR) is 74.1 cm³/mol. The fourth-order valence-corrected chi connectivity index (χ4v) is 3.43. The number of aromatic nitrogens is 2. The van der Waals surface area contributed by atoms with Crippen LogP contribution in [0, 0.1) is 5.92 Å². The molecule has 2 rings (SSSR count). The van der Waals surface area contributed by atoms with E-state index >= 15 is 0 Å². The lowest BCUT2D eigenvalue weighted by molar-refractivity contribution is 0.455. The van der Waals surface area contributed by atoms with Gasteiger partial charge >= 0.3 is 0 Å². The monoisotopic (exact) mass is 282 g/mol. The van der Waals surface area contributed by atoms with E-state index in [0.29, 0.717) is 11.0 Å². The van der Waals surface area contributed by atoms with Crippen molar-refractivity contribution in [2.24, 2.45) is 11.7 Å². The fourth-order valence-electron chi connectivity index (χ4n) is 1.87. The highest BCUT2D eigenvalue weighted by Gasteiger charge is 2.24. The second-order valence-corrected chi connectivity index (χ2v) is 6.44. The number of pyridine rings is 1. The molecule has 0 radical (unpaired) electrons. The van der Waals surface area contributed by atoms with Crippen LogP contribution in [0.5, 0.6) is 0 Å². The molecule has 4 N–H and O–H groups in total. The number of rotatable bonds is 5. The summed E-state index contributed by atoms with van der Waals surface area (Å²) in [4.78, 5) is 7.13. The van der Waals surface area contributed by atoms with Gasteiger partial charge in [-0.25, -0.2) is 18.1 Å². The lowest BCUT2D eigenvalue weighted by Crippen LogP contribution is -2.43. The molecule has 0 fully saturated rings. The van der Waals surface area contributed by atoms with Gasteiger partial charge in [0, 0.05) is 30.4 Å². The van der Waals surface area contributed by atoms with E-state index in [1.54, 1.807) is 18.3 Å². The third-order valence-corrected chi connectivity index (χ3v) is 4.60. The maximum absolute atomic E-state index is 12.4. The Morgan fingerprint density at radius 3 is 2.84 bits per heavy atom. The molecule has 0 aliphatic heterocycles. The first-order valence-corrected chi connectivity index (χ1v) is 7.58. The molecule has 0 aliphatic carbocycles. The van der Waals surface area contributed by atoms with Gasteiger partial charge in [0.2, 0.25) is 10.0 Å². The molecule has 104 valence electrons. The molecule has 6 nitrogen and oxygen atoms in total. The van der Waals surface area contributed by atoms with E-state index in [1.165, 1.54) is 6.20 Å². The quantitative estimate of drug-likeness (QED) is 0.756. The first-order chi connectivity index (χ1) is 8.95. The first kappa shape index (κ1) is 14.0. The summed E-state index contributed by atoms with van der Waals surface area (Å²) in [6, 6.07) is 3.14. The summed E-state index contributed by atoms with van der Waals surface area (Å²) in [6.45, 7) is 4.12. The maximum Gasteiger partial charge on any atom is 0.243 e. The van der Waals surface area contributed by atoms with Crippen LogP contribution in [0.4, 0.5) is 0 Å². The SMILES string of the molecule is CC(C)C(CN)NS(=O)(=O)c1c[nH]c2ncccc12. The Bertz CT molecular complexity index is 663. The van der Waals surface area contributed by atoms with Crippen molar-refractivity contribution in [2.45, 2.75) is 24.8 Å². The minimum Gasteiger partial charge on any atom is -0.345 e. The summed E-state index contributed by atoms with van der Waals surface area (Å²) in [5.41, 5.74) is 6.15. The predicted octanol–water partition coefficient (Wildman–Crippen LogP) is 0.825. The number of fused-ring (bicyclic) bond motifs is 1. The Morgan fingerprint density at radius 2 is 2.21 bits per heavy atom. The highest BCUT2D eigenvalue weighted by Crippen LogP contribution is 2.21. The van der Waals surface area contributed by atoms with Gasteiger partial charge in [-0.05, 0) is 18.1 Å². The Labute approximate surface area is 112 Å². The molecule has 0 aliphatic rings. The summed E-state index contributed by atoms with van der Waals surface area (Å²) in [5, 5.41) is 0.578. The molecular formula is C12H18N4O2S. The molecular weight excluding hydrogens is 264 g/mol. The molecule has 0 amide bonds. The highest BCUT2D eigenvalue weighted by molar-refractivity contribution is 7.89. The Morgan fingerprint density at radius 1 is 1.47 bits per heavy atom. The maximum atomic E-state index is 12.4. The van der Waals surface area contributed by atoms with Gasteiger partial charge in [-0.3, -0.25) is 0 Å². The molecule has 0 aromatic carbocycles. The summed E-state index contributed by atoms with van der Waals surface area (Å²) in [6.07, 6.45) is 3.06. The second-order valence-electron chi connectivity index (χ2n) is 4.76. The van der Waals surface area contributed by atoms with Crippen LogP contribution in [-0.4, -0.2) is 31.0 Å². The molecule has 2 aromatic heterocycles. The Balaban J connectivity index is 2.39. The van der Waals surface area contributed by atoms with Gasteiger partial charge < -0.3 is 10.7 Å². The molecule has 1 atom stereocenters. The summed E-state index contributed by atoms with van der Waals surface area (Å²) in [5.74, 6) is 0.128. The van der Waals surface area contributed by atoms with Gasteiger partial charge in [0.15, 0.2) is 0 Å². The second kappa shape index (κ2) is 5.28. The molecule has 0 saturated carbocycles. The zero-order valence-corrected chi connectivity index (χ0v) is 11.7. The van der Waals surface area contributed by atoms with Crippen LogP contribution >= 0.6 is 0 Å². The summed E-state index contributed by atoms with van der Waals surface area (Å²) >= 11 is 0. The first-order valence-electron chi connectivity index (χ1n) is 6.10. The van der Waals surface area contributed by atoms with Crippen molar-refractivity contribution in [1.82, 2.24) is 14.7 Å². The Kier molecular flexibility index (Phi) is 3.88. The largest absolute Gasteiger partial charge is 0.345 e. The topological polar surface area (TPSA) is 101 Å². The van der Waals surface area contributed by atoms with E-state index in [0.717, 1.165) is 0 Å². The van der Waals surface area contributed by atoms with E-state index in [-0.39, 0.29) is 23.4 Å². The van der Waals surface area contributed by atoms with Crippen LogP contribution in [0.3, 0.4) is 0 Å². The van der Waals surface area contributed by atoms with Gasteiger partial charge in [0.1, 0.15) is 10.5 Å². The van der Waals surface area contributed by atoms with Crippen molar-refractivity contribution >= 4 is 21.1 Å². The van der Waals surface area contributed by atoms with E-state index in [2.05, 4.69) is 14.7 Å². The number of H-pyrrole nitrogens is 1. The minimum atomic E-state index is -3.60. The van der Waals surface area contributed by atoms with Crippen molar-refractivity contribution in [1.29, 1.82) is 0 Å². The molecule has 19 heavy (non-hydrogen) atoms. The molecule has 2 heterocycles. The molecule has 0 bridgehead atoms. The number of nitrogens with one attached hydrogen (secondary N) is 2. The van der Waals surface area contributed by atoms with Crippen molar-refractivity contribution in [3.8, 4) is 0 Å². The van der Waals surface area contributed by atoms with E-state index < -0.39 is 10.0 Å². The Hall–Kier alpha value is -1.44. The molecule has 2 aromatic rings. The third-order valence-electron chi connectivity index (χ3n) is 3.07. The van der Waals surface area contributed by atoms with Gasteiger partial charge in [0.05, 0.1) is 0 Å². The lowest BCUT2D eigenvalue weighted by Gasteiger charge is -2.20. The van der Waals surface area contributed by atoms with Crippen LogP contribution in [0.25, 0.3) is 11.0 Å². The van der Waals surface area contributed by atoms with Crippen LogP contribution in [0.15, 0.2) is 29.4 Å². The third kappa shape index (κ3) is 2.78. The molecule has 7 heteroatoms. The number of hydrogen-bond donors (Lipinski definition) is 3. The van der Waals surface area contributed by atoms with Crippen LogP contribution < -0.4 is 10.5 Å². The van der Waals surface area contributed by atoms with Gasteiger partial charge in [-0.2, -0.15) is 0 Å². The van der Waals surface area contributed by atoms with Crippen molar-refractivity contribution < 1.29 is 8.42 Å². The number of nitrogens with two attached hydrogens (primary N) is 1. The van der Waals surface area contributed by atoms with Crippen molar-refractivity contribution in [3.63, 3.8) is 0 Å². The lowest BCUT2D eigenvalue weighted by atomic mass is 10.1. The highest BCUT2D eigenvalue weighted by atomic mass is 32.2. The number of hydrogen-bond acceptors (Lipinski definition) is 4. The number of aromatic amines is 1.